The van der Waals surface area contributed by atoms with Gasteiger partial charge in [0.1, 0.15) is 0 Å². The van der Waals surface area contributed by atoms with Crippen molar-refractivity contribution in [2.24, 2.45) is 5.73 Å². The highest BCUT2D eigenvalue weighted by molar-refractivity contribution is 5.97. The van der Waals surface area contributed by atoms with Gasteiger partial charge in [0.2, 0.25) is 5.91 Å². The Bertz CT molecular complexity index is 547. The Hall–Kier alpha value is -2.10. The molecule has 0 radical (unpaired) electrons. The Morgan fingerprint density at radius 1 is 1.29 bits per heavy atom. The largest absolute Gasteiger partial charge is 0.463 e. The van der Waals surface area contributed by atoms with Crippen LogP contribution in [-0.2, 0) is 16.0 Å². The maximum absolute atomic E-state index is 11.7. The van der Waals surface area contributed by atoms with E-state index in [0.29, 0.717) is 17.7 Å². The van der Waals surface area contributed by atoms with Gasteiger partial charge >= 0.3 is 5.97 Å². The molecule has 0 unspecified atom stereocenters. The van der Waals surface area contributed by atoms with Gasteiger partial charge in [-0.1, -0.05) is 25.5 Å². The molecule has 1 aromatic carbocycles. The molecule has 0 heterocycles. The second-order valence-corrected chi connectivity index (χ2v) is 4.89. The van der Waals surface area contributed by atoms with Gasteiger partial charge in [0.05, 0.1) is 6.61 Å². The van der Waals surface area contributed by atoms with Gasteiger partial charge in [-0.05, 0) is 50.0 Å². The quantitative estimate of drug-likeness (QED) is 0.619. The number of primary amides is 1. The van der Waals surface area contributed by atoms with Gasteiger partial charge < -0.3 is 10.5 Å². The predicted octanol–water partition coefficient (Wildman–Crippen LogP) is 3.09. The third-order valence-electron chi connectivity index (χ3n) is 3.23. The zero-order valence-electron chi connectivity index (χ0n) is 12.9. The fourth-order valence-corrected chi connectivity index (χ4v) is 2.14. The van der Waals surface area contributed by atoms with E-state index in [4.69, 9.17) is 10.5 Å². The first-order valence-electron chi connectivity index (χ1n) is 7.28. The Morgan fingerprint density at radius 2 is 2.00 bits per heavy atom. The molecule has 0 bridgehead atoms. The molecule has 21 heavy (non-hydrogen) atoms. The number of amides is 1. The summed E-state index contributed by atoms with van der Waals surface area (Å²) in [6.07, 6.45) is 4.50. The Labute approximate surface area is 126 Å². The summed E-state index contributed by atoms with van der Waals surface area (Å²) in [5, 5.41) is 0. The molecule has 1 rings (SSSR count). The molecule has 0 saturated heterocycles. The molecule has 4 heteroatoms. The van der Waals surface area contributed by atoms with Crippen molar-refractivity contribution in [1.29, 1.82) is 0 Å². The van der Waals surface area contributed by atoms with Crippen molar-refractivity contribution in [3.63, 3.8) is 0 Å². The average Bonchev–Trinajstić information content (AvgIpc) is 2.45. The van der Waals surface area contributed by atoms with Crippen LogP contribution in [0.2, 0.25) is 0 Å². The van der Waals surface area contributed by atoms with Crippen molar-refractivity contribution in [1.82, 2.24) is 0 Å². The summed E-state index contributed by atoms with van der Waals surface area (Å²) in [6, 6.07) is 5.39. The molecule has 0 saturated carbocycles. The second kappa shape index (κ2) is 8.25. The molecule has 0 spiro atoms. The van der Waals surface area contributed by atoms with E-state index in [1.54, 1.807) is 32.1 Å². The zero-order valence-corrected chi connectivity index (χ0v) is 12.9. The highest BCUT2D eigenvalue weighted by Crippen LogP contribution is 2.20. The standard InChI is InChI=1S/C17H23NO3/c1-4-6-9-14-13(8-7-10-15(14)16(18)19)11-12(3)17(20)21-5-2/h7-8,10-11H,4-6,9H2,1-3H3,(H2,18,19). The van der Waals surface area contributed by atoms with Crippen molar-refractivity contribution in [3.8, 4) is 0 Å². The number of rotatable bonds is 7. The number of benzene rings is 1. The molecule has 114 valence electrons. The smallest absolute Gasteiger partial charge is 0.333 e. The maximum Gasteiger partial charge on any atom is 0.333 e. The van der Waals surface area contributed by atoms with Crippen molar-refractivity contribution in [3.05, 3.63) is 40.5 Å². The normalized spacial score (nSPS) is 11.3. The minimum atomic E-state index is -0.440. The van der Waals surface area contributed by atoms with Crippen LogP contribution in [0.5, 0.6) is 0 Å². The lowest BCUT2D eigenvalue weighted by Gasteiger charge is -2.11. The maximum atomic E-state index is 11.7. The minimum Gasteiger partial charge on any atom is -0.463 e. The highest BCUT2D eigenvalue weighted by Gasteiger charge is 2.12. The van der Waals surface area contributed by atoms with Gasteiger partial charge in [0.15, 0.2) is 0 Å². The third-order valence-corrected chi connectivity index (χ3v) is 3.23. The van der Waals surface area contributed by atoms with E-state index in [2.05, 4.69) is 6.92 Å². The highest BCUT2D eigenvalue weighted by atomic mass is 16.5. The van der Waals surface area contributed by atoms with Crippen molar-refractivity contribution >= 4 is 18.0 Å². The van der Waals surface area contributed by atoms with Crippen LogP contribution < -0.4 is 5.73 Å². The number of ether oxygens (including phenoxy) is 1. The van der Waals surface area contributed by atoms with Gasteiger partial charge in [0.25, 0.3) is 0 Å². The first-order chi connectivity index (χ1) is 10.0. The van der Waals surface area contributed by atoms with Gasteiger partial charge in [-0.3, -0.25) is 4.79 Å². The van der Waals surface area contributed by atoms with E-state index in [9.17, 15) is 9.59 Å². The summed E-state index contributed by atoms with van der Waals surface area (Å²) < 4.78 is 4.98. The van der Waals surface area contributed by atoms with Crippen molar-refractivity contribution in [2.75, 3.05) is 6.61 Å². The third kappa shape index (κ3) is 4.74. The molecule has 0 aliphatic carbocycles. The fourth-order valence-electron chi connectivity index (χ4n) is 2.14. The van der Waals surface area contributed by atoms with E-state index in [-0.39, 0.29) is 5.97 Å². The number of carbonyl (C=O) groups is 2. The van der Waals surface area contributed by atoms with Crippen LogP contribution in [0.1, 0.15) is 55.1 Å². The lowest BCUT2D eigenvalue weighted by Crippen LogP contribution is -2.15. The van der Waals surface area contributed by atoms with E-state index < -0.39 is 5.91 Å². The molecule has 4 nitrogen and oxygen atoms in total. The van der Waals surface area contributed by atoms with E-state index in [1.165, 1.54) is 0 Å². The lowest BCUT2D eigenvalue weighted by molar-refractivity contribution is -0.138. The molecule has 0 aliphatic heterocycles. The number of hydrogen-bond donors (Lipinski definition) is 1. The van der Waals surface area contributed by atoms with Crippen LogP contribution in [0.4, 0.5) is 0 Å². The van der Waals surface area contributed by atoms with Crippen LogP contribution >= 0.6 is 0 Å². The molecular formula is C17H23NO3. The number of esters is 1. The summed E-state index contributed by atoms with van der Waals surface area (Å²) in [5.74, 6) is -0.784. The van der Waals surface area contributed by atoms with E-state index in [1.807, 2.05) is 6.07 Å². The predicted molar refractivity (Wildman–Crippen MR) is 83.9 cm³/mol. The SMILES string of the molecule is CCCCc1c(C=C(C)C(=O)OCC)cccc1C(N)=O. The fraction of sp³-hybridized carbons (Fsp3) is 0.412. The number of nitrogens with two attached hydrogens (primary N) is 1. The first kappa shape index (κ1) is 17.0. The molecule has 1 amide bonds. The molecular weight excluding hydrogens is 266 g/mol. The topological polar surface area (TPSA) is 69.4 Å². The summed E-state index contributed by atoms with van der Waals surface area (Å²) >= 11 is 0. The molecule has 2 N–H and O–H groups in total. The van der Waals surface area contributed by atoms with Gasteiger partial charge in [-0.25, -0.2) is 4.79 Å². The first-order valence-corrected chi connectivity index (χ1v) is 7.28. The Kier molecular flexibility index (Phi) is 6.66. The zero-order chi connectivity index (χ0) is 15.8. The van der Waals surface area contributed by atoms with Crippen LogP contribution in [0, 0.1) is 0 Å². The summed E-state index contributed by atoms with van der Waals surface area (Å²) in [7, 11) is 0. The molecule has 0 atom stereocenters. The van der Waals surface area contributed by atoms with Gasteiger partial charge in [0, 0.05) is 11.1 Å². The monoisotopic (exact) mass is 289 g/mol. The number of hydrogen-bond acceptors (Lipinski definition) is 3. The van der Waals surface area contributed by atoms with E-state index >= 15 is 0 Å². The van der Waals surface area contributed by atoms with Crippen LogP contribution in [-0.4, -0.2) is 18.5 Å². The van der Waals surface area contributed by atoms with Crippen molar-refractivity contribution < 1.29 is 14.3 Å². The molecule has 0 aromatic heterocycles. The summed E-state index contributed by atoms with van der Waals surface area (Å²) in [4.78, 5) is 23.3. The Balaban J connectivity index is 3.21. The minimum absolute atomic E-state index is 0.341. The van der Waals surface area contributed by atoms with Gasteiger partial charge in [-0.2, -0.15) is 0 Å². The average molecular weight is 289 g/mol. The molecule has 0 fully saturated rings. The summed E-state index contributed by atoms with van der Waals surface area (Å²) in [5.41, 5.74) is 8.23. The lowest BCUT2D eigenvalue weighted by atomic mass is 9.94. The second-order valence-electron chi connectivity index (χ2n) is 4.89. The summed E-state index contributed by atoms with van der Waals surface area (Å²) in [6.45, 7) is 5.91. The van der Waals surface area contributed by atoms with Crippen molar-refractivity contribution in [2.45, 2.75) is 40.0 Å². The number of carbonyl (C=O) groups excluding carboxylic acids is 2. The molecule has 0 aliphatic rings. The van der Waals surface area contributed by atoms with E-state index in [0.717, 1.165) is 30.4 Å². The Morgan fingerprint density at radius 3 is 2.57 bits per heavy atom. The van der Waals surface area contributed by atoms with Gasteiger partial charge in [-0.15, -0.1) is 0 Å². The van der Waals surface area contributed by atoms with Crippen LogP contribution in [0.25, 0.3) is 6.08 Å². The van der Waals surface area contributed by atoms with Crippen LogP contribution in [0.3, 0.4) is 0 Å². The van der Waals surface area contributed by atoms with Crippen LogP contribution in [0.15, 0.2) is 23.8 Å². The number of unbranched alkanes of at least 4 members (excludes halogenated alkanes) is 1. The molecule has 1 aromatic rings.